The fourth-order valence-corrected chi connectivity index (χ4v) is 15.8. The average molecular weight is 620 g/mol. The van der Waals surface area contributed by atoms with Gasteiger partial charge < -0.3 is 0 Å². The van der Waals surface area contributed by atoms with Crippen LogP contribution in [0.3, 0.4) is 0 Å². The summed E-state index contributed by atoms with van der Waals surface area (Å²) in [5, 5.41) is 15.6. The summed E-state index contributed by atoms with van der Waals surface area (Å²) in [5.41, 5.74) is 3.05. The third-order valence-electron chi connectivity index (χ3n) is 6.89. The Kier molecular flexibility index (Phi) is 7.81. The van der Waals surface area contributed by atoms with Gasteiger partial charge in [0.05, 0.1) is 0 Å². The second-order valence-corrected chi connectivity index (χ2v) is 18.2. The van der Waals surface area contributed by atoms with E-state index in [1.807, 2.05) is 30.3 Å². The Bertz CT molecular complexity index is 1490. The molecule has 0 spiro atoms. The van der Waals surface area contributed by atoms with E-state index in [9.17, 15) is 0 Å². The van der Waals surface area contributed by atoms with Crippen molar-refractivity contribution in [3.05, 3.63) is 108 Å². The van der Waals surface area contributed by atoms with Gasteiger partial charge in [0, 0.05) is 37.8 Å². The highest BCUT2D eigenvalue weighted by molar-refractivity contribution is 7.79. The lowest BCUT2D eigenvalue weighted by Crippen LogP contribution is -2.40. The molecule has 3 aromatic carbocycles. The van der Waals surface area contributed by atoms with Gasteiger partial charge in [-0.3, -0.25) is 9.34 Å². The van der Waals surface area contributed by atoms with E-state index in [4.69, 9.17) is 20.0 Å². The van der Waals surface area contributed by atoms with Crippen molar-refractivity contribution in [2.45, 2.75) is 0 Å². The third kappa shape index (κ3) is 4.70. The van der Waals surface area contributed by atoms with E-state index in [-0.39, 0.29) is 0 Å². The molecule has 3 aliphatic rings. The maximum Gasteiger partial charge on any atom is 0.280 e. The van der Waals surface area contributed by atoms with E-state index in [1.54, 1.807) is 0 Å². The number of rotatable bonds is 7. The number of nitrogens with zero attached hydrogens (tertiary/aromatic N) is 11. The average Bonchev–Trinajstić information content (AvgIpc) is 3.65. The van der Waals surface area contributed by atoms with E-state index in [2.05, 4.69) is 143 Å². The summed E-state index contributed by atoms with van der Waals surface area (Å²) in [7, 11) is 9.45. The number of hydrogen-bond acceptors (Lipinski definition) is 11. The van der Waals surface area contributed by atoms with E-state index < -0.39 is 24.3 Å². The molecule has 2 unspecified atom stereocenters. The highest BCUT2D eigenvalue weighted by atomic mass is 31.2. The molecule has 42 heavy (non-hydrogen) atoms. The van der Waals surface area contributed by atoms with Crippen molar-refractivity contribution in [2.75, 3.05) is 49.3 Å². The van der Waals surface area contributed by atoms with Crippen LogP contribution in [0.15, 0.2) is 111 Å². The van der Waals surface area contributed by atoms with Crippen LogP contribution in [0, 0.1) is 0 Å². The van der Waals surface area contributed by atoms with E-state index in [0.717, 1.165) is 28.4 Å². The van der Waals surface area contributed by atoms with Crippen LogP contribution in [-0.4, -0.2) is 99.4 Å². The molecular formula is C28H36N11P3. The number of hydrazone groups is 3. The molecule has 0 saturated carbocycles. The summed E-state index contributed by atoms with van der Waals surface area (Å²) >= 11 is 0. The molecule has 0 N–H and O–H groups in total. The van der Waals surface area contributed by atoms with Crippen LogP contribution < -0.4 is 0 Å². The largest absolute Gasteiger partial charge is 0.280 e. The van der Waals surface area contributed by atoms with Crippen LogP contribution in [0.4, 0.5) is 0 Å². The zero-order chi connectivity index (χ0) is 29.6. The van der Waals surface area contributed by atoms with Crippen LogP contribution >= 0.6 is 24.3 Å². The molecule has 0 radical (unpaired) electrons. The normalized spacial score (nSPS) is 24.0. The first-order valence-electron chi connectivity index (χ1n) is 13.6. The highest BCUT2D eigenvalue weighted by Gasteiger charge is 2.58. The Morgan fingerprint density at radius 2 is 0.929 bits per heavy atom. The van der Waals surface area contributed by atoms with Gasteiger partial charge in [-0.25, -0.2) is 23.2 Å². The molecule has 0 saturated heterocycles. The van der Waals surface area contributed by atoms with Crippen molar-refractivity contribution in [2.24, 2.45) is 20.0 Å². The molecule has 14 heteroatoms. The van der Waals surface area contributed by atoms with Crippen LogP contribution in [0.25, 0.3) is 0 Å². The molecular weight excluding hydrogens is 583 g/mol. The predicted octanol–water partition coefficient (Wildman–Crippen LogP) is 6.04. The summed E-state index contributed by atoms with van der Waals surface area (Å²) in [4.78, 5) is 0. The van der Waals surface area contributed by atoms with Crippen molar-refractivity contribution >= 4 is 41.8 Å². The Hall–Kier alpha value is -3.32. The van der Waals surface area contributed by atoms with Gasteiger partial charge in [0.15, 0.2) is 17.5 Å². The van der Waals surface area contributed by atoms with Crippen molar-refractivity contribution in [3.63, 3.8) is 0 Å². The lowest BCUT2D eigenvalue weighted by molar-refractivity contribution is 0.507. The summed E-state index contributed by atoms with van der Waals surface area (Å²) in [5.74, 6) is 2.46. The number of amidine groups is 3. The second kappa shape index (κ2) is 11.4. The van der Waals surface area contributed by atoms with Gasteiger partial charge in [-0.1, -0.05) is 91.0 Å². The second-order valence-electron chi connectivity index (χ2n) is 10.3. The molecule has 0 aromatic heterocycles. The lowest BCUT2D eigenvalue weighted by atomic mass is 10.2. The van der Waals surface area contributed by atoms with E-state index >= 15 is 0 Å². The van der Waals surface area contributed by atoms with Crippen LogP contribution in [0.1, 0.15) is 16.7 Å². The van der Waals surface area contributed by atoms with Gasteiger partial charge in [0.2, 0.25) is 16.7 Å². The quantitative estimate of drug-likeness (QED) is 0.299. The first-order valence-corrected chi connectivity index (χ1v) is 17.6. The van der Waals surface area contributed by atoms with Gasteiger partial charge >= 0.3 is 0 Å². The van der Waals surface area contributed by atoms with Crippen LogP contribution in [-0.2, 0) is 0 Å². The summed E-state index contributed by atoms with van der Waals surface area (Å²) in [6.45, 7) is 0. The fourth-order valence-electron chi connectivity index (χ4n) is 5.22. The minimum absolute atomic E-state index is 0.706. The molecule has 0 fully saturated rings. The Labute approximate surface area is 251 Å². The fraction of sp³-hybridized carbons (Fsp3) is 0.250. The predicted molar refractivity (Wildman–Crippen MR) is 176 cm³/mol. The maximum atomic E-state index is 5.72. The zero-order valence-corrected chi connectivity index (χ0v) is 27.6. The standard InChI is InChI=1S/C28H36N11P3/c1-33(2)40-35(5)30-27(24-19-13-9-14-20-24)38(40)42(32-26(29-37(42)7)23-17-11-8-12-18-23)39-28(25-21-15-10-16-22-25)31-36(6)41(39)34(3)4/h8-22H,1-7H3. The Morgan fingerprint density at radius 1 is 0.548 bits per heavy atom. The van der Waals surface area contributed by atoms with Crippen molar-refractivity contribution < 1.29 is 0 Å². The van der Waals surface area contributed by atoms with Gasteiger partial charge in [0.1, 0.15) is 0 Å². The molecule has 3 aromatic rings. The molecule has 6 rings (SSSR count). The molecule has 0 amide bonds. The Morgan fingerprint density at radius 3 is 1.31 bits per heavy atom. The molecule has 218 valence electrons. The Balaban J connectivity index is 1.67. The minimum atomic E-state index is -2.94. The van der Waals surface area contributed by atoms with Crippen LogP contribution in [0.5, 0.6) is 0 Å². The van der Waals surface area contributed by atoms with Gasteiger partial charge in [-0.05, 0) is 28.2 Å². The molecule has 11 nitrogen and oxygen atoms in total. The number of benzene rings is 3. The van der Waals surface area contributed by atoms with Gasteiger partial charge in [-0.15, -0.1) is 5.10 Å². The zero-order valence-electron chi connectivity index (χ0n) is 24.9. The molecule has 3 heterocycles. The molecule has 0 bridgehead atoms. The topological polar surface area (TPSA) is 72.1 Å². The van der Waals surface area contributed by atoms with Crippen molar-refractivity contribution in [1.82, 2.24) is 32.6 Å². The summed E-state index contributed by atoms with van der Waals surface area (Å²) in [6, 6.07) is 31.0. The maximum absolute atomic E-state index is 5.72. The van der Waals surface area contributed by atoms with E-state index in [1.165, 1.54) is 0 Å². The SMILES string of the molecule is CN(C)P1N(C)N=C(c2ccccc2)N1P1(N2C(c3ccccc3)=NN(C)P2N(C)C)=NC(c2ccccc2)=NN1C. The van der Waals surface area contributed by atoms with Crippen molar-refractivity contribution in [3.8, 4) is 0 Å². The van der Waals surface area contributed by atoms with Crippen LogP contribution in [0.2, 0.25) is 0 Å². The van der Waals surface area contributed by atoms with Gasteiger partial charge in [-0.2, -0.15) is 14.9 Å². The lowest BCUT2D eigenvalue weighted by Gasteiger charge is -2.48. The number of hydrogen-bond donors (Lipinski definition) is 0. The monoisotopic (exact) mass is 619 g/mol. The van der Waals surface area contributed by atoms with Crippen molar-refractivity contribution in [1.29, 1.82) is 0 Å². The highest BCUT2D eigenvalue weighted by Crippen LogP contribution is 2.79. The van der Waals surface area contributed by atoms with Gasteiger partial charge in [0.25, 0.3) is 7.51 Å². The minimum Gasteiger partial charge on any atom is -0.253 e. The summed E-state index contributed by atoms with van der Waals surface area (Å²) < 4.78 is 21.4. The smallest absolute Gasteiger partial charge is 0.253 e. The first-order chi connectivity index (χ1) is 20.2. The molecule has 3 aliphatic heterocycles. The molecule has 0 aliphatic carbocycles. The summed E-state index contributed by atoms with van der Waals surface area (Å²) in [6.07, 6.45) is 0. The van der Waals surface area contributed by atoms with E-state index in [0.29, 0.717) is 5.84 Å². The third-order valence-corrected chi connectivity index (χ3v) is 15.7. The first kappa shape index (κ1) is 28.8. The molecule has 2 atom stereocenters.